The molecule has 0 spiro atoms. The first kappa shape index (κ1) is 48.9. The Labute approximate surface area is 307 Å². The Balaban J connectivity index is 4.48. The number of unbranched alkanes of at least 4 members (excludes halogenated alkanes) is 6. The Morgan fingerprint density at radius 2 is 1.25 bits per heavy atom. The molecule has 0 aliphatic rings. The molecule has 0 aliphatic heterocycles. The van der Waals surface area contributed by atoms with E-state index in [1.165, 1.54) is 25.7 Å². The third-order valence-corrected chi connectivity index (χ3v) is 9.03. The molecule has 0 bridgehead atoms. The van der Waals surface area contributed by atoms with E-state index in [0.717, 1.165) is 57.3 Å². The Kier molecular flexibility index (Phi) is 32.3. The molecular formula is C39H69O11P. The van der Waals surface area contributed by atoms with Crippen LogP contribution in [-0.2, 0) is 32.7 Å². The highest BCUT2D eigenvalue weighted by Crippen LogP contribution is 2.43. The van der Waals surface area contributed by atoms with Crippen LogP contribution in [-0.4, -0.2) is 76.9 Å². The van der Waals surface area contributed by atoms with Crippen molar-refractivity contribution in [3.63, 3.8) is 0 Å². The van der Waals surface area contributed by atoms with Crippen LogP contribution < -0.4 is 0 Å². The van der Waals surface area contributed by atoms with Gasteiger partial charge in [-0.1, -0.05) is 121 Å². The van der Waals surface area contributed by atoms with E-state index in [9.17, 15) is 29.3 Å². The lowest BCUT2D eigenvalue weighted by atomic mass is 10.00. The molecular weight excluding hydrogens is 675 g/mol. The summed E-state index contributed by atoms with van der Waals surface area (Å²) >= 11 is 0. The zero-order valence-electron chi connectivity index (χ0n) is 31.6. The van der Waals surface area contributed by atoms with E-state index in [-0.39, 0.29) is 25.6 Å². The molecule has 0 aromatic carbocycles. The van der Waals surface area contributed by atoms with E-state index in [2.05, 4.69) is 55.7 Å². The van der Waals surface area contributed by atoms with Crippen molar-refractivity contribution in [2.24, 2.45) is 5.92 Å². The second kappa shape index (κ2) is 33.7. The average Bonchev–Trinajstić information content (AvgIpc) is 3.11. The third-order valence-electron chi connectivity index (χ3n) is 8.08. The summed E-state index contributed by atoms with van der Waals surface area (Å²) in [5.74, 6) is -0.265. The third kappa shape index (κ3) is 33.5. The van der Waals surface area contributed by atoms with Crippen molar-refractivity contribution in [2.75, 3.05) is 26.4 Å². The van der Waals surface area contributed by atoms with Crippen LogP contribution >= 0.6 is 7.82 Å². The molecule has 0 rings (SSSR count). The molecule has 0 aromatic rings. The molecule has 296 valence electrons. The minimum Gasteiger partial charge on any atom is -0.462 e. The lowest BCUT2D eigenvalue weighted by molar-refractivity contribution is -0.161. The maximum Gasteiger partial charge on any atom is 0.472 e. The average molecular weight is 745 g/mol. The molecule has 0 radical (unpaired) electrons. The van der Waals surface area contributed by atoms with E-state index in [4.69, 9.17) is 19.1 Å². The predicted octanol–water partition coefficient (Wildman–Crippen LogP) is 8.21. The summed E-state index contributed by atoms with van der Waals surface area (Å²) < 4.78 is 32.5. The van der Waals surface area contributed by atoms with E-state index in [0.29, 0.717) is 25.7 Å². The Bertz CT molecular complexity index is 1030. The maximum atomic E-state index is 12.5. The van der Waals surface area contributed by atoms with Gasteiger partial charge in [0.15, 0.2) is 6.10 Å². The molecule has 4 N–H and O–H groups in total. The van der Waals surface area contributed by atoms with Crippen molar-refractivity contribution in [1.29, 1.82) is 0 Å². The fraction of sp³-hybridized carbons (Fsp3) is 0.744. The van der Waals surface area contributed by atoms with Crippen LogP contribution in [0.25, 0.3) is 0 Å². The summed E-state index contributed by atoms with van der Waals surface area (Å²) in [4.78, 5) is 34.8. The van der Waals surface area contributed by atoms with Crippen molar-refractivity contribution in [3.05, 3.63) is 48.6 Å². The highest BCUT2D eigenvalue weighted by molar-refractivity contribution is 7.47. The standard InChI is InChI=1S/C39H69O11P/c1-4-25-35(41)27-22-18-13-11-9-7-6-8-10-12-14-19-23-28-38(43)47-32-37(33-49-51(45,46)48-31-36(42)30-40)50-39(44)29-24-20-16-15-17-21-26-34(3)5-2/h6,8-9,11-12,14,18,22,34-37,40-42H,4-5,7,10,13,15-17,19-21,23-33H2,1-3H3,(H,45,46)/b8-6-,11-9-,14-12-,22-18-/t34?,35?,36-,37+/m0/s1. The van der Waals surface area contributed by atoms with Crippen LogP contribution in [0.15, 0.2) is 48.6 Å². The van der Waals surface area contributed by atoms with Gasteiger partial charge in [-0.3, -0.25) is 18.6 Å². The molecule has 0 heterocycles. The topological polar surface area (TPSA) is 169 Å². The first-order valence-electron chi connectivity index (χ1n) is 19.1. The zero-order chi connectivity index (χ0) is 38.0. The van der Waals surface area contributed by atoms with Crippen molar-refractivity contribution in [2.45, 2.75) is 155 Å². The van der Waals surface area contributed by atoms with Gasteiger partial charge in [0.25, 0.3) is 0 Å². The highest BCUT2D eigenvalue weighted by atomic mass is 31.2. The van der Waals surface area contributed by atoms with Crippen molar-refractivity contribution < 1.29 is 52.9 Å². The maximum absolute atomic E-state index is 12.5. The van der Waals surface area contributed by atoms with Crippen LogP contribution in [0.4, 0.5) is 0 Å². The van der Waals surface area contributed by atoms with Crippen molar-refractivity contribution >= 4 is 19.8 Å². The van der Waals surface area contributed by atoms with Crippen LogP contribution in [0.2, 0.25) is 0 Å². The molecule has 0 aromatic heterocycles. The van der Waals surface area contributed by atoms with E-state index in [1.54, 1.807) is 0 Å². The van der Waals surface area contributed by atoms with Gasteiger partial charge >= 0.3 is 19.8 Å². The number of hydrogen-bond donors (Lipinski definition) is 4. The Morgan fingerprint density at radius 1 is 0.686 bits per heavy atom. The van der Waals surface area contributed by atoms with Gasteiger partial charge in [-0.2, -0.15) is 0 Å². The molecule has 0 aliphatic carbocycles. The van der Waals surface area contributed by atoms with E-state index >= 15 is 0 Å². The molecule has 0 amide bonds. The number of rotatable bonds is 34. The summed E-state index contributed by atoms with van der Waals surface area (Å²) in [6, 6.07) is 0. The quantitative estimate of drug-likeness (QED) is 0.0217. The van der Waals surface area contributed by atoms with Crippen molar-refractivity contribution in [3.8, 4) is 0 Å². The van der Waals surface area contributed by atoms with Gasteiger partial charge in [0.1, 0.15) is 12.7 Å². The van der Waals surface area contributed by atoms with Gasteiger partial charge in [0, 0.05) is 12.8 Å². The number of aliphatic hydroxyl groups excluding tert-OH is 3. The molecule has 0 saturated carbocycles. The van der Waals surface area contributed by atoms with E-state index < -0.39 is 51.8 Å². The number of carbonyl (C=O) groups excluding carboxylic acids is 2. The molecule has 5 atom stereocenters. The summed E-state index contributed by atoms with van der Waals surface area (Å²) in [6.07, 6.45) is 28.9. The van der Waals surface area contributed by atoms with Crippen LogP contribution in [0.1, 0.15) is 136 Å². The summed E-state index contributed by atoms with van der Waals surface area (Å²) in [5.41, 5.74) is 0. The van der Waals surface area contributed by atoms with Gasteiger partial charge in [-0.15, -0.1) is 0 Å². The fourth-order valence-electron chi connectivity index (χ4n) is 4.74. The van der Waals surface area contributed by atoms with E-state index in [1.807, 2.05) is 18.2 Å². The number of phosphoric ester groups is 1. The molecule has 0 saturated heterocycles. The zero-order valence-corrected chi connectivity index (χ0v) is 32.5. The summed E-state index contributed by atoms with van der Waals surface area (Å²) in [5, 5.41) is 28.0. The number of hydrogen-bond acceptors (Lipinski definition) is 10. The normalized spacial score (nSPS) is 15.8. The fourth-order valence-corrected chi connectivity index (χ4v) is 5.53. The Hall–Kier alpha value is -2.11. The van der Waals surface area contributed by atoms with Crippen LogP contribution in [0.3, 0.4) is 0 Å². The molecule has 3 unspecified atom stereocenters. The number of allylic oxidation sites excluding steroid dienone is 7. The van der Waals surface area contributed by atoms with Gasteiger partial charge in [0.2, 0.25) is 0 Å². The molecule has 51 heavy (non-hydrogen) atoms. The highest BCUT2D eigenvalue weighted by Gasteiger charge is 2.27. The van der Waals surface area contributed by atoms with Crippen molar-refractivity contribution in [1.82, 2.24) is 0 Å². The number of carbonyl (C=O) groups is 2. The van der Waals surface area contributed by atoms with Gasteiger partial charge in [0.05, 0.1) is 25.9 Å². The first-order chi connectivity index (χ1) is 24.5. The predicted molar refractivity (Wildman–Crippen MR) is 202 cm³/mol. The van der Waals surface area contributed by atoms with Gasteiger partial charge in [-0.05, 0) is 57.3 Å². The number of phosphoric acid groups is 1. The SMILES string of the molecule is CCCC(O)C/C=C\C/C=C\C/C=C\C/C=C\CCCC(=O)OC[C@H](COP(=O)(O)OC[C@@H](O)CO)OC(=O)CCCCCCCCC(C)CC. The second-order valence-corrected chi connectivity index (χ2v) is 14.5. The van der Waals surface area contributed by atoms with Gasteiger partial charge < -0.3 is 29.7 Å². The summed E-state index contributed by atoms with van der Waals surface area (Å²) in [6.45, 7) is 4.33. The number of esters is 2. The summed E-state index contributed by atoms with van der Waals surface area (Å²) in [7, 11) is -4.63. The second-order valence-electron chi connectivity index (χ2n) is 13.0. The smallest absolute Gasteiger partial charge is 0.462 e. The molecule has 0 fully saturated rings. The largest absolute Gasteiger partial charge is 0.472 e. The lowest BCUT2D eigenvalue weighted by Crippen LogP contribution is -2.29. The molecule has 12 heteroatoms. The van der Waals surface area contributed by atoms with Gasteiger partial charge in [-0.25, -0.2) is 4.57 Å². The minimum atomic E-state index is -4.63. The Morgan fingerprint density at radius 3 is 1.88 bits per heavy atom. The minimum absolute atomic E-state index is 0.149. The first-order valence-corrected chi connectivity index (χ1v) is 20.6. The number of ether oxygens (including phenoxy) is 2. The van der Waals surface area contributed by atoms with Crippen LogP contribution in [0.5, 0.6) is 0 Å². The molecule has 11 nitrogen and oxygen atoms in total. The lowest BCUT2D eigenvalue weighted by Gasteiger charge is -2.20. The van der Waals surface area contributed by atoms with Crippen LogP contribution in [0, 0.1) is 5.92 Å². The number of aliphatic hydroxyl groups is 3. The monoisotopic (exact) mass is 744 g/mol.